The number of aryl methyl sites for hydroxylation is 2. The number of anilines is 1. The summed E-state index contributed by atoms with van der Waals surface area (Å²) in [5.41, 5.74) is 6.65. The summed E-state index contributed by atoms with van der Waals surface area (Å²) in [6.07, 6.45) is 1.49. The Morgan fingerprint density at radius 2 is 1.71 bits per heavy atom. The van der Waals surface area contributed by atoms with Crippen LogP contribution in [0.2, 0.25) is 10.0 Å². The van der Waals surface area contributed by atoms with Crippen LogP contribution in [0.3, 0.4) is 0 Å². The summed E-state index contributed by atoms with van der Waals surface area (Å²) in [6.45, 7) is 5.09. The first kappa shape index (κ1) is 31.0. The number of carbonyl (C=O) groups excluding carboxylic acids is 1. The summed E-state index contributed by atoms with van der Waals surface area (Å²) >= 11 is 12.7. The van der Waals surface area contributed by atoms with E-state index in [1.807, 2.05) is 43.5 Å². The SMILES string of the molecule is COc1ccc(N(CC(=O)N/N=C\c2cc(C)n(-c3cccc(Cl)c3Cl)c2C)S(=O)(=O)c2ccc(C)cc2)c(OC)c1. The van der Waals surface area contributed by atoms with Crippen molar-refractivity contribution in [1.82, 2.24) is 9.99 Å². The number of nitrogens with zero attached hydrogens (tertiary/aromatic N) is 3. The van der Waals surface area contributed by atoms with Crippen molar-refractivity contribution in [2.45, 2.75) is 25.7 Å². The van der Waals surface area contributed by atoms with Crippen molar-refractivity contribution in [3.8, 4) is 17.2 Å². The lowest BCUT2D eigenvalue weighted by Crippen LogP contribution is -2.39. The monoisotopic (exact) mass is 628 g/mol. The van der Waals surface area contributed by atoms with E-state index in [1.165, 1.54) is 38.6 Å². The van der Waals surface area contributed by atoms with Gasteiger partial charge in [-0.05, 0) is 63.2 Å². The second kappa shape index (κ2) is 12.9. The highest BCUT2D eigenvalue weighted by molar-refractivity contribution is 7.92. The number of hydrogen-bond acceptors (Lipinski definition) is 6. The molecule has 0 saturated carbocycles. The number of amides is 1. The van der Waals surface area contributed by atoms with Gasteiger partial charge >= 0.3 is 0 Å². The molecule has 0 aliphatic carbocycles. The van der Waals surface area contributed by atoms with Gasteiger partial charge in [-0.2, -0.15) is 5.10 Å². The van der Waals surface area contributed by atoms with E-state index in [2.05, 4.69) is 10.5 Å². The molecule has 0 spiro atoms. The minimum Gasteiger partial charge on any atom is -0.497 e. The average Bonchev–Trinajstić information content (AvgIpc) is 3.25. The molecule has 1 aromatic heterocycles. The predicted octanol–water partition coefficient (Wildman–Crippen LogP) is 6.07. The maximum Gasteiger partial charge on any atom is 0.264 e. The number of rotatable bonds is 10. The molecule has 1 heterocycles. The van der Waals surface area contributed by atoms with Gasteiger partial charge in [-0.15, -0.1) is 0 Å². The van der Waals surface area contributed by atoms with Gasteiger partial charge in [-0.3, -0.25) is 9.10 Å². The largest absolute Gasteiger partial charge is 0.497 e. The summed E-state index contributed by atoms with van der Waals surface area (Å²) in [5, 5.41) is 4.96. The molecule has 1 N–H and O–H groups in total. The third kappa shape index (κ3) is 6.41. The molecule has 9 nitrogen and oxygen atoms in total. The van der Waals surface area contributed by atoms with Gasteiger partial charge in [-0.1, -0.05) is 47.0 Å². The quantitative estimate of drug-likeness (QED) is 0.170. The van der Waals surface area contributed by atoms with E-state index < -0.39 is 22.5 Å². The lowest BCUT2D eigenvalue weighted by molar-refractivity contribution is -0.119. The summed E-state index contributed by atoms with van der Waals surface area (Å²) in [6, 6.07) is 18.3. The first-order valence-corrected chi connectivity index (χ1v) is 14.9. The van der Waals surface area contributed by atoms with E-state index in [0.29, 0.717) is 21.5 Å². The molecule has 12 heteroatoms. The van der Waals surface area contributed by atoms with Crippen LogP contribution in [0.15, 0.2) is 76.7 Å². The van der Waals surface area contributed by atoms with Gasteiger partial charge in [0.1, 0.15) is 18.0 Å². The Balaban J connectivity index is 1.62. The Morgan fingerprint density at radius 3 is 2.38 bits per heavy atom. The molecule has 3 aromatic carbocycles. The van der Waals surface area contributed by atoms with Gasteiger partial charge in [0, 0.05) is 23.0 Å². The maximum absolute atomic E-state index is 13.8. The van der Waals surface area contributed by atoms with Crippen LogP contribution in [0.1, 0.15) is 22.5 Å². The van der Waals surface area contributed by atoms with Crippen molar-refractivity contribution in [3.05, 3.63) is 99.3 Å². The number of nitrogens with one attached hydrogen (secondary N) is 1. The molecule has 0 radical (unpaired) electrons. The highest BCUT2D eigenvalue weighted by Gasteiger charge is 2.29. The number of hydrazone groups is 1. The lowest BCUT2D eigenvalue weighted by Gasteiger charge is -2.25. The number of benzene rings is 3. The molecule has 0 saturated heterocycles. The highest BCUT2D eigenvalue weighted by Crippen LogP contribution is 2.35. The number of aromatic nitrogens is 1. The van der Waals surface area contributed by atoms with Crippen molar-refractivity contribution in [1.29, 1.82) is 0 Å². The molecule has 0 bridgehead atoms. The zero-order valence-electron chi connectivity index (χ0n) is 23.7. The molecule has 42 heavy (non-hydrogen) atoms. The van der Waals surface area contributed by atoms with E-state index in [-0.39, 0.29) is 16.3 Å². The molecule has 0 aliphatic rings. The zero-order valence-corrected chi connectivity index (χ0v) is 26.0. The minimum atomic E-state index is -4.17. The summed E-state index contributed by atoms with van der Waals surface area (Å²) < 4.78 is 41.1. The summed E-state index contributed by atoms with van der Waals surface area (Å²) in [4.78, 5) is 13.1. The van der Waals surface area contributed by atoms with Crippen LogP contribution in [0.5, 0.6) is 11.5 Å². The van der Waals surface area contributed by atoms with Crippen molar-refractivity contribution in [2.24, 2.45) is 5.10 Å². The van der Waals surface area contributed by atoms with Crippen LogP contribution >= 0.6 is 23.2 Å². The molecule has 0 atom stereocenters. The first-order valence-electron chi connectivity index (χ1n) is 12.7. The maximum atomic E-state index is 13.8. The minimum absolute atomic E-state index is 0.0226. The smallest absolute Gasteiger partial charge is 0.264 e. The lowest BCUT2D eigenvalue weighted by atomic mass is 10.2. The standard InChI is InChI=1S/C30H30Cl2N4O5S/c1-19-9-12-24(13-10-19)42(38,39)35(26-14-11-23(40-4)16-28(26)41-5)18-29(37)34-33-17-22-15-20(2)36(21(22)3)27-8-6-7-25(31)30(27)32/h6-17H,18H2,1-5H3,(H,34,37)/b33-17-. The van der Waals surface area contributed by atoms with Crippen LogP contribution < -0.4 is 19.2 Å². The second-order valence-electron chi connectivity index (χ2n) is 9.39. The Hall–Kier alpha value is -3.99. The van der Waals surface area contributed by atoms with Crippen LogP contribution in [0, 0.1) is 20.8 Å². The van der Waals surface area contributed by atoms with Crippen LogP contribution in [0.4, 0.5) is 5.69 Å². The molecule has 1 amide bonds. The van der Waals surface area contributed by atoms with E-state index in [9.17, 15) is 13.2 Å². The Kier molecular flexibility index (Phi) is 9.50. The summed E-state index contributed by atoms with van der Waals surface area (Å²) in [5.74, 6) is 0.0222. The number of halogens is 2. The van der Waals surface area contributed by atoms with Crippen molar-refractivity contribution in [3.63, 3.8) is 0 Å². The molecule has 220 valence electrons. The Morgan fingerprint density at radius 1 is 1.00 bits per heavy atom. The van der Waals surface area contributed by atoms with E-state index in [4.69, 9.17) is 32.7 Å². The van der Waals surface area contributed by atoms with Gasteiger partial charge in [0.15, 0.2) is 0 Å². The summed E-state index contributed by atoms with van der Waals surface area (Å²) in [7, 11) is -1.27. The highest BCUT2D eigenvalue weighted by atomic mass is 35.5. The zero-order chi connectivity index (χ0) is 30.6. The van der Waals surface area contributed by atoms with Crippen molar-refractivity contribution >= 4 is 51.0 Å². The average molecular weight is 630 g/mol. The molecule has 4 aromatic rings. The number of ether oxygens (including phenoxy) is 2. The van der Waals surface area contributed by atoms with Gasteiger partial charge in [-0.25, -0.2) is 13.8 Å². The fraction of sp³-hybridized carbons (Fsp3) is 0.200. The number of hydrogen-bond donors (Lipinski definition) is 1. The number of sulfonamides is 1. The Bertz CT molecular complexity index is 1750. The van der Waals surface area contributed by atoms with E-state index in [1.54, 1.807) is 30.3 Å². The molecular formula is C30H30Cl2N4O5S. The van der Waals surface area contributed by atoms with E-state index in [0.717, 1.165) is 26.8 Å². The molecule has 0 unspecified atom stereocenters. The van der Waals surface area contributed by atoms with Crippen molar-refractivity contribution < 1.29 is 22.7 Å². The van der Waals surface area contributed by atoms with Gasteiger partial charge in [0.05, 0.1) is 46.7 Å². The van der Waals surface area contributed by atoms with Crippen LogP contribution in [-0.4, -0.2) is 45.9 Å². The van der Waals surface area contributed by atoms with Crippen LogP contribution in [-0.2, 0) is 14.8 Å². The van der Waals surface area contributed by atoms with Gasteiger partial charge in [0.2, 0.25) is 0 Å². The van der Waals surface area contributed by atoms with Crippen molar-refractivity contribution in [2.75, 3.05) is 25.1 Å². The van der Waals surface area contributed by atoms with Gasteiger partial charge < -0.3 is 14.0 Å². The van der Waals surface area contributed by atoms with E-state index >= 15 is 0 Å². The predicted molar refractivity (Wildman–Crippen MR) is 166 cm³/mol. The topological polar surface area (TPSA) is 102 Å². The fourth-order valence-corrected chi connectivity index (χ4v) is 6.23. The third-order valence-electron chi connectivity index (χ3n) is 6.59. The van der Waals surface area contributed by atoms with Gasteiger partial charge in [0.25, 0.3) is 15.9 Å². The van der Waals surface area contributed by atoms with Crippen LogP contribution in [0.25, 0.3) is 5.69 Å². The third-order valence-corrected chi connectivity index (χ3v) is 9.17. The molecular weight excluding hydrogens is 599 g/mol. The fourth-order valence-electron chi connectivity index (χ4n) is 4.42. The molecule has 0 fully saturated rings. The second-order valence-corrected chi connectivity index (χ2v) is 12.0. The molecule has 4 rings (SSSR count). The first-order chi connectivity index (χ1) is 20.0. The molecule has 0 aliphatic heterocycles. The number of methoxy groups -OCH3 is 2. The normalized spacial score (nSPS) is 11.5. The number of carbonyl (C=O) groups is 1. The Labute approximate surface area is 255 Å².